The first kappa shape index (κ1) is 22.9. The summed E-state index contributed by atoms with van der Waals surface area (Å²) in [7, 11) is 1.68. The molecule has 0 bridgehead atoms. The molecule has 35 heavy (non-hydrogen) atoms. The molecular formula is C26H32N8O. The summed E-state index contributed by atoms with van der Waals surface area (Å²) >= 11 is 0. The highest BCUT2D eigenvalue weighted by molar-refractivity contribution is 5.84. The summed E-state index contributed by atoms with van der Waals surface area (Å²) in [5.41, 5.74) is 2.91. The third-order valence-corrected chi connectivity index (χ3v) is 6.37. The molecule has 0 atom stereocenters. The van der Waals surface area contributed by atoms with Gasteiger partial charge in [-0.1, -0.05) is 18.2 Å². The molecule has 3 aromatic heterocycles. The van der Waals surface area contributed by atoms with Gasteiger partial charge in [-0.05, 0) is 50.1 Å². The fourth-order valence-corrected chi connectivity index (χ4v) is 4.34. The molecule has 4 aromatic rings. The van der Waals surface area contributed by atoms with Crippen LogP contribution in [0.1, 0.15) is 25.5 Å². The van der Waals surface area contributed by atoms with Crippen molar-refractivity contribution in [2.75, 3.05) is 55.0 Å². The summed E-state index contributed by atoms with van der Waals surface area (Å²) in [6.45, 7) is 8.47. The van der Waals surface area contributed by atoms with Gasteiger partial charge in [0.15, 0.2) is 17.0 Å². The Bertz CT molecular complexity index is 1250. The van der Waals surface area contributed by atoms with Gasteiger partial charge in [-0.2, -0.15) is 9.97 Å². The van der Waals surface area contributed by atoms with Crippen LogP contribution in [0.15, 0.2) is 55.0 Å². The lowest BCUT2D eigenvalue weighted by molar-refractivity contribution is 0.414. The van der Waals surface area contributed by atoms with E-state index in [0.717, 1.165) is 73.6 Å². The van der Waals surface area contributed by atoms with Gasteiger partial charge in [0.25, 0.3) is 0 Å². The molecule has 0 radical (unpaired) electrons. The Labute approximate surface area is 205 Å². The summed E-state index contributed by atoms with van der Waals surface area (Å²) in [6, 6.07) is 14.5. The van der Waals surface area contributed by atoms with Gasteiger partial charge >= 0.3 is 0 Å². The second-order valence-electron chi connectivity index (χ2n) is 8.98. The van der Waals surface area contributed by atoms with Gasteiger partial charge in [-0.3, -0.25) is 0 Å². The number of pyridine rings is 1. The standard InChI is InChI=1S/C26H32N8O/c1-19(2)34-18-29-23-24(28-13-11-20-7-9-21(35-3)10-8-20)30-26(31-25(23)34)33-16-14-32(15-17-33)22-6-4-5-12-27-22/h4-10,12,18-19H,11,13-17H2,1-3H3,(H,28,30,31). The normalized spacial score (nSPS) is 14.1. The lowest BCUT2D eigenvalue weighted by Gasteiger charge is -2.35. The van der Waals surface area contributed by atoms with E-state index in [1.54, 1.807) is 7.11 Å². The van der Waals surface area contributed by atoms with Crippen molar-refractivity contribution in [3.8, 4) is 5.75 Å². The van der Waals surface area contributed by atoms with Crippen LogP contribution < -0.4 is 19.9 Å². The van der Waals surface area contributed by atoms with E-state index in [1.807, 2.05) is 36.8 Å². The Kier molecular flexibility index (Phi) is 6.65. The van der Waals surface area contributed by atoms with Crippen LogP contribution in [0.4, 0.5) is 17.6 Å². The molecule has 0 aliphatic carbocycles. The van der Waals surface area contributed by atoms with Gasteiger partial charge in [0, 0.05) is 45.0 Å². The van der Waals surface area contributed by atoms with Crippen molar-refractivity contribution < 1.29 is 4.74 Å². The first-order valence-corrected chi connectivity index (χ1v) is 12.1. The van der Waals surface area contributed by atoms with E-state index in [4.69, 9.17) is 14.7 Å². The van der Waals surface area contributed by atoms with E-state index in [-0.39, 0.29) is 6.04 Å². The van der Waals surface area contributed by atoms with Crippen LogP contribution >= 0.6 is 0 Å². The summed E-state index contributed by atoms with van der Waals surface area (Å²) in [5.74, 6) is 3.41. The highest BCUT2D eigenvalue weighted by atomic mass is 16.5. The van der Waals surface area contributed by atoms with Crippen LogP contribution in [0.25, 0.3) is 11.2 Å². The first-order valence-electron chi connectivity index (χ1n) is 12.1. The van der Waals surface area contributed by atoms with Crippen molar-refractivity contribution in [1.82, 2.24) is 24.5 Å². The van der Waals surface area contributed by atoms with Gasteiger partial charge in [0.2, 0.25) is 5.95 Å². The molecule has 1 saturated heterocycles. The fourth-order valence-electron chi connectivity index (χ4n) is 4.34. The van der Waals surface area contributed by atoms with Gasteiger partial charge in [0.1, 0.15) is 11.6 Å². The third kappa shape index (κ3) is 4.99. The minimum atomic E-state index is 0.260. The van der Waals surface area contributed by atoms with Crippen molar-refractivity contribution in [3.63, 3.8) is 0 Å². The molecule has 182 valence electrons. The Morgan fingerprint density at radius 1 is 0.943 bits per heavy atom. The number of methoxy groups -OCH3 is 1. The number of rotatable bonds is 8. The zero-order valence-corrected chi connectivity index (χ0v) is 20.6. The summed E-state index contributed by atoms with van der Waals surface area (Å²) < 4.78 is 7.37. The van der Waals surface area contributed by atoms with Crippen LogP contribution in [0.5, 0.6) is 5.75 Å². The minimum absolute atomic E-state index is 0.260. The number of fused-ring (bicyclic) bond motifs is 1. The number of nitrogens with one attached hydrogen (secondary N) is 1. The fraction of sp³-hybridized carbons (Fsp3) is 0.385. The predicted octanol–water partition coefficient (Wildman–Crippen LogP) is 3.79. The van der Waals surface area contributed by atoms with E-state index in [0.29, 0.717) is 0 Å². The van der Waals surface area contributed by atoms with Gasteiger partial charge in [-0.15, -0.1) is 0 Å². The number of benzene rings is 1. The van der Waals surface area contributed by atoms with E-state index in [9.17, 15) is 0 Å². The summed E-state index contributed by atoms with van der Waals surface area (Å²) in [4.78, 5) is 23.6. The number of nitrogens with zero attached hydrogens (tertiary/aromatic N) is 7. The minimum Gasteiger partial charge on any atom is -0.497 e. The average molecular weight is 473 g/mol. The molecule has 9 heteroatoms. The Morgan fingerprint density at radius 2 is 1.71 bits per heavy atom. The molecule has 0 amide bonds. The number of hydrogen-bond donors (Lipinski definition) is 1. The number of anilines is 3. The van der Waals surface area contributed by atoms with E-state index in [2.05, 4.69) is 61.7 Å². The van der Waals surface area contributed by atoms with Crippen molar-refractivity contribution >= 4 is 28.7 Å². The number of ether oxygens (including phenoxy) is 1. The summed E-state index contributed by atoms with van der Waals surface area (Å²) in [5, 5.41) is 3.53. The molecule has 0 unspecified atom stereocenters. The van der Waals surface area contributed by atoms with Crippen molar-refractivity contribution in [2.45, 2.75) is 26.3 Å². The molecule has 4 heterocycles. The third-order valence-electron chi connectivity index (χ3n) is 6.37. The van der Waals surface area contributed by atoms with Gasteiger partial charge in [0.05, 0.1) is 13.4 Å². The Morgan fingerprint density at radius 3 is 2.40 bits per heavy atom. The second kappa shape index (κ2) is 10.2. The van der Waals surface area contributed by atoms with E-state index in [1.165, 1.54) is 5.56 Å². The van der Waals surface area contributed by atoms with Crippen LogP contribution in [-0.4, -0.2) is 64.3 Å². The largest absolute Gasteiger partial charge is 0.497 e. The van der Waals surface area contributed by atoms with Crippen LogP contribution in [0.3, 0.4) is 0 Å². The quantitative estimate of drug-likeness (QED) is 0.415. The van der Waals surface area contributed by atoms with Crippen LogP contribution in [-0.2, 0) is 6.42 Å². The van der Waals surface area contributed by atoms with Crippen LogP contribution in [0.2, 0.25) is 0 Å². The topological polar surface area (TPSA) is 84.2 Å². The van der Waals surface area contributed by atoms with Crippen molar-refractivity contribution in [3.05, 3.63) is 60.6 Å². The Hall–Kier alpha value is -3.88. The highest BCUT2D eigenvalue weighted by Gasteiger charge is 2.23. The molecule has 9 nitrogen and oxygen atoms in total. The highest BCUT2D eigenvalue weighted by Crippen LogP contribution is 2.26. The Balaban J connectivity index is 1.34. The summed E-state index contributed by atoms with van der Waals surface area (Å²) in [6.07, 6.45) is 4.58. The van der Waals surface area contributed by atoms with Crippen molar-refractivity contribution in [1.29, 1.82) is 0 Å². The maximum Gasteiger partial charge on any atom is 0.229 e. The monoisotopic (exact) mass is 472 g/mol. The second-order valence-corrected chi connectivity index (χ2v) is 8.98. The smallest absolute Gasteiger partial charge is 0.229 e. The molecule has 1 aromatic carbocycles. The van der Waals surface area contributed by atoms with E-state index < -0.39 is 0 Å². The number of piperazine rings is 1. The number of imidazole rings is 1. The molecular weight excluding hydrogens is 440 g/mol. The molecule has 5 rings (SSSR count). The maximum absolute atomic E-state index is 5.26. The molecule has 1 fully saturated rings. The lowest BCUT2D eigenvalue weighted by Crippen LogP contribution is -2.47. The zero-order valence-electron chi connectivity index (χ0n) is 20.6. The van der Waals surface area contributed by atoms with Gasteiger partial charge in [-0.25, -0.2) is 9.97 Å². The SMILES string of the molecule is COc1ccc(CCNc2nc(N3CCN(c4ccccn4)CC3)nc3c2ncn3C(C)C)cc1. The van der Waals surface area contributed by atoms with E-state index >= 15 is 0 Å². The molecule has 1 aliphatic heterocycles. The molecule has 1 aliphatic rings. The molecule has 0 spiro atoms. The van der Waals surface area contributed by atoms with Gasteiger partial charge < -0.3 is 24.4 Å². The maximum atomic E-state index is 5.26. The zero-order chi connectivity index (χ0) is 24.2. The lowest BCUT2D eigenvalue weighted by atomic mass is 10.1. The molecule has 0 saturated carbocycles. The number of aromatic nitrogens is 5. The molecule has 1 N–H and O–H groups in total. The number of hydrogen-bond acceptors (Lipinski definition) is 8. The van der Waals surface area contributed by atoms with Crippen LogP contribution in [0, 0.1) is 0 Å². The van der Waals surface area contributed by atoms with Crippen molar-refractivity contribution in [2.24, 2.45) is 0 Å². The average Bonchev–Trinajstić information content (AvgIpc) is 3.34. The first-order chi connectivity index (χ1) is 17.1. The predicted molar refractivity (Wildman–Crippen MR) is 140 cm³/mol.